The molecular weight excluding hydrogens is 386 g/mol. The van der Waals surface area contributed by atoms with E-state index in [0.717, 1.165) is 55.4 Å². The molecule has 0 unspecified atom stereocenters. The fraction of sp³-hybridized carbons (Fsp3) is 0.409. The van der Waals surface area contributed by atoms with E-state index >= 15 is 0 Å². The number of hydrogen-bond donors (Lipinski definition) is 0. The Morgan fingerprint density at radius 3 is 2.66 bits per heavy atom. The Kier molecular flexibility index (Phi) is 4.72. The smallest absolute Gasteiger partial charge is 0.270 e. The summed E-state index contributed by atoms with van der Waals surface area (Å²) in [4.78, 5) is 17.6. The highest BCUT2D eigenvalue weighted by Crippen LogP contribution is 2.33. The van der Waals surface area contributed by atoms with Crippen molar-refractivity contribution in [1.29, 1.82) is 0 Å². The summed E-state index contributed by atoms with van der Waals surface area (Å²) in [7, 11) is 0. The third-order valence-corrected chi connectivity index (χ3v) is 6.55. The molecule has 4 heterocycles. The second-order valence-electron chi connectivity index (χ2n) is 7.92. The fourth-order valence-electron chi connectivity index (χ4n) is 4.23. The Morgan fingerprint density at radius 1 is 1.07 bits per heavy atom. The van der Waals surface area contributed by atoms with Crippen molar-refractivity contribution >= 4 is 27.5 Å². The maximum Gasteiger partial charge on any atom is 0.270 e. The number of piperazine rings is 1. The third kappa shape index (κ3) is 3.38. The van der Waals surface area contributed by atoms with Gasteiger partial charge in [0, 0.05) is 38.8 Å². The van der Waals surface area contributed by atoms with Crippen LogP contribution in [0.25, 0.3) is 10.2 Å². The second kappa shape index (κ2) is 7.39. The molecule has 1 aromatic carbocycles. The summed E-state index contributed by atoms with van der Waals surface area (Å²) in [6.07, 6.45) is 0. The molecule has 0 saturated carbocycles. The number of amides is 1. The van der Waals surface area contributed by atoms with E-state index in [9.17, 15) is 4.79 Å². The van der Waals surface area contributed by atoms with Gasteiger partial charge in [-0.1, -0.05) is 6.07 Å². The molecule has 7 heteroatoms. The van der Waals surface area contributed by atoms with Crippen molar-refractivity contribution in [3.05, 3.63) is 47.0 Å². The lowest BCUT2D eigenvalue weighted by molar-refractivity contribution is 0.0617. The van der Waals surface area contributed by atoms with Crippen LogP contribution >= 0.6 is 11.3 Å². The number of rotatable bonds is 4. The van der Waals surface area contributed by atoms with Crippen molar-refractivity contribution in [1.82, 2.24) is 14.4 Å². The fourth-order valence-corrected chi connectivity index (χ4v) is 5.04. The molecule has 6 nitrogen and oxygen atoms in total. The summed E-state index contributed by atoms with van der Waals surface area (Å²) in [5, 5.41) is 2.09. The van der Waals surface area contributed by atoms with Crippen molar-refractivity contribution in [3.8, 4) is 11.5 Å². The topological polar surface area (TPSA) is 46.9 Å². The van der Waals surface area contributed by atoms with Crippen LogP contribution < -0.4 is 9.47 Å². The van der Waals surface area contributed by atoms with Crippen LogP contribution in [0.1, 0.15) is 35.9 Å². The molecule has 0 bridgehead atoms. The maximum atomic E-state index is 13.2. The molecule has 2 aliphatic heterocycles. The van der Waals surface area contributed by atoms with Gasteiger partial charge in [-0.05, 0) is 49.1 Å². The molecule has 0 atom stereocenters. The van der Waals surface area contributed by atoms with E-state index in [1.165, 1.54) is 10.3 Å². The predicted octanol–water partition coefficient (Wildman–Crippen LogP) is 3.97. The predicted molar refractivity (Wildman–Crippen MR) is 114 cm³/mol. The van der Waals surface area contributed by atoms with Gasteiger partial charge >= 0.3 is 0 Å². The zero-order chi connectivity index (χ0) is 20.0. The second-order valence-corrected chi connectivity index (χ2v) is 8.87. The standard InChI is InChI=1S/C22H25N3O3S/c1-15(2)25-17-5-10-29-21(17)12-18(25)22(26)24-8-6-23(7-9-24)13-16-3-4-19-20(11-16)28-14-27-19/h3-5,10-12,15H,6-9,13-14H2,1-2H3. The van der Waals surface area contributed by atoms with Gasteiger partial charge < -0.3 is 18.9 Å². The minimum Gasteiger partial charge on any atom is -0.454 e. The highest BCUT2D eigenvalue weighted by Gasteiger charge is 2.26. The molecule has 0 aliphatic carbocycles. The SMILES string of the molecule is CC(C)n1c(C(=O)N2CCN(Cc3ccc4c(c3)OCO4)CC2)cc2sccc21. The number of ether oxygens (including phenoxy) is 2. The summed E-state index contributed by atoms with van der Waals surface area (Å²) >= 11 is 1.69. The summed E-state index contributed by atoms with van der Waals surface area (Å²) in [5.41, 5.74) is 3.18. The number of nitrogens with zero attached hydrogens (tertiary/aromatic N) is 3. The zero-order valence-electron chi connectivity index (χ0n) is 16.8. The Hall–Kier alpha value is -2.51. The average Bonchev–Trinajstić information content (AvgIpc) is 3.42. The molecule has 2 aromatic heterocycles. The number of benzene rings is 1. The Labute approximate surface area is 174 Å². The minimum absolute atomic E-state index is 0.143. The first kappa shape index (κ1) is 18.5. The van der Waals surface area contributed by atoms with Crippen LogP contribution in [-0.4, -0.2) is 53.2 Å². The molecule has 5 rings (SSSR count). The van der Waals surface area contributed by atoms with Gasteiger partial charge in [0.1, 0.15) is 5.69 Å². The van der Waals surface area contributed by atoms with Crippen molar-refractivity contribution in [2.24, 2.45) is 0 Å². The number of aromatic nitrogens is 1. The summed E-state index contributed by atoms with van der Waals surface area (Å²) in [5.74, 6) is 1.78. The first-order valence-corrected chi connectivity index (χ1v) is 11.0. The molecule has 1 fully saturated rings. The van der Waals surface area contributed by atoms with Gasteiger partial charge in [-0.25, -0.2) is 0 Å². The van der Waals surface area contributed by atoms with Crippen LogP contribution in [0.15, 0.2) is 35.7 Å². The molecule has 0 N–H and O–H groups in total. The number of hydrogen-bond acceptors (Lipinski definition) is 5. The monoisotopic (exact) mass is 411 g/mol. The lowest BCUT2D eigenvalue weighted by atomic mass is 10.1. The van der Waals surface area contributed by atoms with E-state index in [-0.39, 0.29) is 11.9 Å². The lowest BCUT2D eigenvalue weighted by Gasteiger charge is -2.35. The molecular formula is C22H25N3O3S. The summed E-state index contributed by atoms with van der Waals surface area (Å²) < 4.78 is 14.2. The number of thiophene rings is 1. The van der Waals surface area contributed by atoms with E-state index in [1.54, 1.807) is 11.3 Å². The highest BCUT2D eigenvalue weighted by molar-refractivity contribution is 7.17. The van der Waals surface area contributed by atoms with Crippen LogP contribution in [0, 0.1) is 0 Å². The first-order chi connectivity index (χ1) is 14.1. The van der Waals surface area contributed by atoms with Gasteiger partial charge in [-0.3, -0.25) is 9.69 Å². The van der Waals surface area contributed by atoms with Gasteiger partial charge in [-0.2, -0.15) is 0 Å². The largest absolute Gasteiger partial charge is 0.454 e. The third-order valence-electron chi connectivity index (χ3n) is 5.70. The summed E-state index contributed by atoms with van der Waals surface area (Å²) in [6, 6.07) is 10.5. The van der Waals surface area contributed by atoms with Gasteiger partial charge in [0.15, 0.2) is 11.5 Å². The molecule has 29 heavy (non-hydrogen) atoms. The molecule has 0 spiro atoms. The van der Waals surface area contributed by atoms with Gasteiger partial charge in [0.05, 0.1) is 10.2 Å². The molecule has 1 amide bonds. The van der Waals surface area contributed by atoms with Crippen molar-refractivity contribution in [2.45, 2.75) is 26.4 Å². The number of carbonyl (C=O) groups is 1. The van der Waals surface area contributed by atoms with E-state index in [0.29, 0.717) is 6.79 Å². The Balaban J connectivity index is 1.25. The van der Waals surface area contributed by atoms with Gasteiger partial charge in [-0.15, -0.1) is 11.3 Å². The average molecular weight is 412 g/mol. The van der Waals surface area contributed by atoms with Crippen LogP contribution in [-0.2, 0) is 6.54 Å². The molecule has 152 valence electrons. The van der Waals surface area contributed by atoms with Crippen molar-refractivity contribution in [3.63, 3.8) is 0 Å². The molecule has 0 radical (unpaired) electrons. The number of carbonyl (C=O) groups excluding carboxylic acids is 1. The summed E-state index contributed by atoms with van der Waals surface area (Å²) in [6.45, 7) is 8.68. The van der Waals surface area contributed by atoms with Crippen LogP contribution in [0.4, 0.5) is 0 Å². The normalized spacial score (nSPS) is 16.9. The molecule has 1 saturated heterocycles. The Bertz CT molecular complexity index is 1050. The van der Waals surface area contributed by atoms with Crippen molar-refractivity contribution in [2.75, 3.05) is 33.0 Å². The zero-order valence-corrected chi connectivity index (χ0v) is 17.6. The van der Waals surface area contributed by atoms with Crippen LogP contribution in [0.5, 0.6) is 11.5 Å². The molecule has 3 aromatic rings. The van der Waals surface area contributed by atoms with Gasteiger partial charge in [0.2, 0.25) is 6.79 Å². The highest BCUT2D eigenvalue weighted by atomic mass is 32.1. The van der Waals surface area contributed by atoms with E-state index in [4.69, 9.17) is 9.47 Å². The van der Waals surface area contributed by atoms with E-state index < -0.39 is 0 Å². The maximum absolute atomic E-state index is 13.2. The quantitative estimate of drug-likeness (QED) is 0.652. The van der Waals surface area contributed by atoms with E-state index in [1.807, 2.05) is 11.0 Å². The molecule has 2 aliphatic rings. The van der Waals surface area contributed by atoms with Gasteiger partial charge in [0.25, 0.3) is 5.91 Å². The number of fused-ring (bicyclic) bond motifs is 2. The van der Waals surface area contributed by atoms with E-state index in [2.05, 4.69) is 53.0 Å². The first-order valence-electron chi connectivity index (χ1n) is 10.1. The van der Waals surface area contributed by atoms with Crippen LogP contribution in [0.2, 0.25) is 0 Å². The Morgan fingerprint density at radius 2 is 1.86 bits per heavy atom. The van der Waals surface area contributed by atoms with Crippen LogP contribution in [0.3, 0.4) is 0 Å². The lowest BCUT2D eigenvalue weighted by Crippen LogP contribution is -2.48. The van der Waals surface area contributed by atoms with Crippen molar-refractivity contribution < 1.29 is 14.3 Å². The minimum atomic E-state index is 0.143.